The summed E-state index contributed by atoms with van der Waals surface area (Å²) < 4.78 is 5.37. The maximum Gasteiger partial charge on any atom is 0.253 e. The Hall–Kier alpha value is -2.04. The van der Waals surface area contributed by atoms with E-state index in [4.69, 9.17) is 4.74 Å². The molecule has 0 bridgehead atoms. The van der Waals surface area contributed by atoms with Crippen LogP contribution in [0.4, 0.5) is 0 Å². The van der Waals surface area contributed by atoms with Crippen molar-refractivity contribution in [3.05, 3.63) is 29.3 Å². The van der Waals surface area contributed by atoms with Gasteiger partial charge in [-0.15, -0.1) is 0 Å². The number of methoxy groups -OCH3 is 1. The number of hydrogen-bond acceptors (Lipinski definition) is 3. The number of carbonyl (C=O) groups is 2. The minimum atomic E-state index is 0.0261. The summed E-state index contributed by atoms with van der Waals surface area (Å²) in [5, 5.41) is 0. The minimum absolute atomic E-state index is 0.0261. The molecule has 0 atom stereocenters. The van der Waals surface area contributed by atoms with E-state index in [2.05, 4.69) is 13.8 Å². The Balaban J connectivity index is 2.10. The van der Waals surface area contributed by atoms with E-state index < -0.39 is 0 Å². The molecule has 1 aromatic carbocycles. The number of nitrogens with zero attached hydrogens (tertiary/aromatic N) is 2. The van der Waals surface area contributed by atoms with Gasteiger partial charge in [-0.2, -0.15) is 0 Å². The highest BCUT2D eigenvalue weighted by Crippen LogP contribution is 2.27. The van der Waals surface area contributed by atoms with Crippen LogP contribution < -0.4 is 4.74 Å². The normalized spacial score (nSPS) is 15.0. The van der Waals surface area contributed by atoms with Crippen LogP contribution in [0.3, 0.4) is 0 Å². The molecule has 1 fully saturated rings. The van der Waals surface area contributed by atoms with Crippen LogP contribution in [-0.2, 0) is 4.79 Å². The Bertz CT molecular complexity index is 576. The Kier molecular flexibility index (Phi) is 5.64. The summed E-state index contributed by atoms with van der Waals surface area (Å²) >= 11 is 0. The first-order valence-electron chi connectivity index (χ1n) is 8.22. The predicted octanol–water partition coefficient (Wildman–Crippen LogP) is 2.51. The zero-order valence-corrected chi connectivity index (χ0v) is 14.5. The lowest BCUT2D eigenvalue weighted by molar-refractivity contribution is -0.132. The number of rotatable bonds is 4. The van der Waals surface area contributed by atoms with Crippen molar-refractivity contribution >= 4 is 11.8 Å². The van der Waals surface area contributed by atoms with E-state index in [-0.39, 0.29) is 17.7 Å². The molecule has 5 nitrogen and oxygen atoms in total. The molecule has 1 heterocycles. The van der Waals surface area contributed by atoms with Crippen molar-refractivity contribution in [2.24, 2.45) is 0 Å². The van der Waals surface area contributed by atoms with Gasteiger partial charge in [0.05, 0.1) is 7.11 Å². The molecule has 5 heteroatoms. The van der Waals surface area contributed by atoms with Crippen molar-refractivity contribution in [2.75, 3.05) is 33.3 Å². The van der Waals surface area contributed by atoms with Crippen LogP contribution in [0.1, 0.15) is 49.0 Å². The number of piperazine rings is 1. The Labute approximate surface area is 138 Å². The quantitative estimate of drug-likeness (QED) is 0.857. The van der Waals surface area contributed by atoms with Crippen molar-refractivity contribution in [1.29, 1.82) is 0 Å². The highest BCUT2D eigenvalue weighted by molar-refractivity contribution is 5.95. The molecule has 0 N–H and O–H groups in total. The second-order valence-corrected chi connectivity index (χ2v) is 6.14. The largest absolute Gasteiger partial charge is 0.496 e. The first kappa shape index (κ1) is 17.3. The van der Waals surface area contributed by atoms with E-state index in [1.165, 1.54) is 0 Å². The number of amides is 2. The highest BCUT2D eigenvalue weighted by Gasteiger charge is 2.24. The van der Waals surface area contributed by atoms with Crippen molar-refractivity contribution in [1.82, 2.24) is 9.80 Å². The van der Waals surface area contributed by atoms with Gasteiger partial charge < -0.3 is 14.5 Å². The van der Waals surface area contributed by atoms with Gasteiger partial charge in [-0.3, -0.25) is 9.59 Å². The fourth-order valence-corrected chi connectivity index (χ4v) is 2.88. The molecular weight excluding hydrogens is 292 g/mol. The average Bonchev–Trinajstić information content (AvgIpc) is 2.59. The maximum atomic E-state index is 12.7. The van der Waals surface area contributed by atoms with Crippen LogP contribution in [0.5, 0.6) is 5.75 Å². The first-order chi connectivity index (χ1) is 11.0. The summed E-state index contributed by atoms with van der Waals surface area (Å²) in [6.07, 6.45) is 0.518. The summed E-state index contributed by atoms with van der Waals surface area (Å²) in [6, 6.07) is 5.60. The molecule has 126 valence electrons. The van der Waals surface area contributed by atoms with Gasteiger partial charge in [0.2, 0.25) is 5.91 Å². The van der Waals surface area contributed by atoms with Crippen LogP contribution in [0.15, 0.2) is 18.2 Å². The van der Waals surface area contributed by atoms with Crippen LogP contribution in [0.25, 0.3) is 0 Å². The Morgan fingerprint density at radius 2 is 1.74 bits per heavy atom. The lowest BCUT2D eigenvalue weighted by Crippen LogP contribution is -2.50. The minimum Gasteiger partial charge on any atom is -0.496 e. The van der Waals surface area contributed by atoms with E-state index >= 15 is 0 Å². The topological polar surface area (TPSA) is 49.9 Å². The molecule has 1 saturated heterocycles. The second kappa shape index (κ2) is 7.49. The van der Waals surface area contributed by atoms with E-state index in [1.807, 2.05) is 34.9 Å². The molecule has 0 radical (unpaired) electrons. The molecule has 0 spiro atoms. The van der Waals surface area contributed by atoms with E-state index in [0.29, 0.717) is 38.2 Å². The van der Waals surface area contributed by atoms with Crippen LogP contribution >= 0.6 is 0 Å². The molecule has 0 aromatic heterocycles. The lowest BCUT2D eigenvalue weighted by atomic mass is 9.99. The fraction of sp³-hybridized carbons (Fsp3) is 0.556. The second-order valence-electron chi connectivity index (χ2n) is 6.14. The van der Waals surface area contributed by atoms with Gasteiger partial charge >= 0.3 is 0 Å². The highest BCUT2D eigenvalue weighted by atomic mass is 16.5. The third-order valence-corrected chi connectivity index (χ3v) is 4.32. The maximum absolute atomic E-state index is 12.7. The van der Waals surface area contributed by atoms with Gasteiger partial charge in [-0.1, -0.05) is 20.8 Å². The monoisotopic (exact) mass is 318 g/mol. The summed E-state index contributed by atoms with van der Waals surface area (Å²) in [7, 11) is 1.65. The van der Waals surface area contributed by atoms with Gasteiger partial charge in [0.15, 0.2) is 0 Å². The molecule has 2 rings (SSSR count). The van der Waals surface area contributed by atoms with E-state index in [9.17, 15) is 9.59 Å². The smallest absolute Gasteiger partial charge is 0.253 e. The molecule has 1 aliphatic rings. The van der Waals surface area contributed by atoms with Gasteiger partial charge in [0.25, 0.3) is 5.91 Å². The zero-order valence-electron chi connectivity index (χ0n) is 14.5. The number of carbonyl (C=O) groups excluding carboxylic acids is 2. The summed E-state index contributed by atoms with van der Waals surface area (Å²) in [5.41, 5.74) is 1.72. The number of benzene rings is 1. The molecule has 0 unspecified atom stereocenters. The lowest BCUT2D eigenvalue weighted by Gasteiger charge is -2.34. The van der Waals surface area contributed by atoms with Gasteiger partial charge in [0, 0.05) is 38.2 Å². The van der Waals surface area contributed by atoms with Crippen LogP contribution in [-0.4, -0.2) is 54.9 Å². The number of ether oxygens (including phenoxy) is 1. The van der Waals surface area contributed by atoms with Gasteiger partial charge in [0.1, 0.15) is 5.75 Å². The molecule has 23 heavy (non-hydrogen) atoms. The van der Waals surface area contributed by atoms with Crippen molar-refractivity contribution in [2.45, 2.75) is 33.1 Å². The Morgan fingerprint density at radius 3 is 2.26 bits per heavy atom. The van der Waals surface area contributed by atoms with Crippen molar-refractivity contribution < 1.29 is 14.3 Å². The molecule has 0 aliphatic carbocycles. The molecule has 0 saturated carbocycles. The zero-order chi connectivity index (χ0) is 17.0. The Morgan fingerprint density at radius 1 is 1.13 bits per heavy atom. The third-order valence-electron chi connectivity index (χ3n) is 4.32. The van der Waals surface area contributed by atoms with Crippen molar-refractivity contribution in [3.8, 4) is 5.75 Å². The fourth-order valence-electron chi connectivity index (χ4n) is 2.88. The summed E-state index contributed by atoms with van der Waals surface area (Å²) in [4.78, 5) is 28.1. The van der Waals surface area contributed by atoms with Crippen LogP contribution in [0, 0.1) is 0 Å². The number of hydrogen-bond donors (Lipinski definition) is 0. The van der Waals surface area contributed by atoms with Gasteiger partial charge in [-0.25, -0.2) is 0 Å². The van der Waals surface area contributed by atoms with Crippen LogP contribution in [0.2, 0.25) is 0 Å². The van der Waals surface area contributed by atoms with Gasteiger partial charge in [-0.05, 0) is 29.7 Å². The van der Waals surface area contributed by atoms with E-state index in [0.717, 1.165) is 11.3 Å². The first-order valence-corrected chi connectivity index (χ1v) is 8.22. The van der Waals surface area contributed by atoms with Crippen molar-refractivity contribution in [3.63, 3.8) is 0 Å². The predicted molar refractivity (Wildman–Crippen MR) is 89.9 cm³/mol. The summed E-state index contributed by atoms with van der Waals surface area (Å²) in [6.45, 7) is 8.45. The summed E-state index contributed by atoms with van der Waals surface area (Å²) in [5.74, 6) is 1.29. The molecule has 1 aliphatic heterocycles. The average molecular weight is 318 g/mol. The molecule has 1 aromatic rings. The standard InChI is InChI=1S/C18H26N2O3/c1-5-17(21)19-8-10-20(11-9-19)18(22)14-6-7-16(23-4)15(12-14)13(2)3/h6-7,12-13H,5,8-11H2,1-4H3. The molecule has 2 amide bonds. The third kappa shape index (κ3) is 3.84. The SMILES string of the molecule is CCC(=O)N1CCN(C(=O)c2ccc(OC)c(C(C)C)c2)CC1. The molecular formula is C18H26N2O3. The van der Waals surface area contributed by atoms with E-state index in [1.54, 1.807) is 7.11 Å².